The minimum absolute atomic E-state index is 0.232. The fourth-order valence-electron chi connectivity index (χ4n) is 6.08. The molecule has 0 radical (unpaired) electrons. The van der Waals surface area contributed by atoms with Gasteiger partial charge in [0.25, 0.3) is 0 Å². The molecular formula is C43H54N4O5S. The van der Waals surface area contributed by atoms with Gasteiger partial charge in [0.05, 0.1) is 4.75 Å². The third-order valence-corrected chi connectivity index (χ3v) is 10.3. The van der Waals surface area contributed by atoms with Gasteiger partial charge in [0, 0.05) is 31.0 Å². The third kappa shape index (κ3) is 12.6. The van der Waals surface area contributed by atoms with Gasteiger partial charge in [0.1, 0.15) is 19.0 Å². The van der Waals surface area contributed by atoms with Gasteiger partial charge in [0.2, 0.25) is 5.91 Å². The number of hydrogen-bond acceptors (Lipinski definition) is 8. The van der Waals surface area contributed by atoms with E-state index in [0.717, 1.165) is 42.6 Å². The molecule has 10 heteroatoms. The monoisotopic (exact) mass is 738 g/mol. The number of benzene rings is 4. The number of amides is 2. The number of carbonyl (C=O) groups is 3. The second-order valence-electron chi connectivity index (χ2n) is 13.5. The van der Waals surface area contributed by atoms with Crippen LogP contribution in [-0.4, -0.2) is 112 Å². The number of thioether (sulfide) groups is 1. The molecule has 4 aromatic rings. The summed E-state index contributed by atoms with van der Waals surface area (Å²) in [6, 6.07) is 36.2. The Balaban J connectivity index is 1.28. The van der Waals surface area contributed by atoms with Gasteiger partial charge >= 0.3 is 6.09 Å². The maximum absolute atomic E-state index is 13.1. The van der Waals surface area contributed by atoms with Crippen molar-refractivity contribution in [2.24, 2.45) is 0 Å². The smallest absolute Gasteiger partial charge is 0.410 e. The molecule has 9 nitrogen and oxygen atoms in total. The molecule has 0 spiro atoms. The third-order valence-electron chi connectivity index (χ3n) is 8.77. The Kier molecular flexibility index (Phi) is 16.6. The Hall–Kier alpha value is -4.48. The van der Waals surface area contributed by atoms with Gasteiger partial charge in [-0.25, -0.2) is 4.79 Å². The minimum atomic E-state index is -0.472. The molecule has 0 atom stereocenters. The summed E-state index contributed by atoms with van der Waals surface area (Å²) in [5.74, 6) is 0.499. The van der Waals surface area contributed by atoms with Gasteiger partial charge in [-0.3, -0.25) is 9.59 Å². The van der Waals surface area contributed by atoms with Gasteiger partial charge in [-0.05, 0) is 101 Å². The second kappa shape index (κ2) is 21.3. The number of carbonyl (C=O) groups excluding carboxylic acids is 3. The average Bonchev–Trinajstić information content (AvgIpc) is 3.16. The Morgan fingerprint density at radius 3 is 1.66 bits per heavy atom. The lowest BCUT2D eigenvalue weighted by Gasteiger charge is -2.35. The first-order chi connectivity index (χ1) is 25.6. The number of ketones is 1. The van der Waals surface area contributed by atoms with Crippen LogP contribution >= 0.6 is 11.8 Å². The molecule has 0 heterocycles. The molecule has 0 fully saturated rings. The second-order valence-corrected chi connectivity index (χ2v) is 14.9. The molecule has 0 bridgehead atoms. The summed E-state index contributed by atoms with van der Waals surface area (Å²) in [6.45, 7) is 4.69. The highest BCUT2D eigenvalue weighted by molar-refractivity contribution is 8.00. The molecule has 2 amide bonds. The molecule has 4 rings (SSSR count). The van der Waals surface area contributed by atoms with Crippen molar-refractivity contribution in [3.8, 4) is 5.75 Å². The lowest BCUT2D eigenvalue weighted by molar-refractivity contribution is -0.125. The van der Waals surface area contributed by atoms with Crippen LogP contribution in [0.2, 0.25) is 0 Å². The van der Waals surface area contributed by atoms with Crippen LogP contribution < -0.4 is 10.1 Å². The van der Waals surface area contributed by atoms with Crippen molar-refractivity contribution < 1.29 is 23.9 Å². The predicted octanol–water partition coefficient (Wildman–Crippen LogP) is 6.74. The van der Waals surface area contributed by atoms with Gasteiger partial charge in [-0.1, -0.05) is 91.0 Å². The minimum Gasteiger partial charge on any atom is -0.410 e. The SMILES string of the molecule is Cc1cc(C(=O)COCC(=O)NCCSC(c2ccccc2)(c2ccccc2)c2ccccc2)ccc1OC(=O)N(CCCN(C)C)CCCN(C)C. The van der Waals surface area contributed by atoms with Gasteiger partial charge in [-0.2, -0.15) is 0 Å². The van der Waals surface area contributed by atoms with E-state index in [1.54, 1.807) is 41.8 Å². The molecule has 0 aliphatic carbocycles. The maximum Gasteiger partial charge on any atom is 0.415 e. The van der Waals surface area contributed by atoms with Crippen LogP contribution in [0.3, 0.4) is 0 Å². The Labute approximate surface area is 319 Å². The standard InChI is InChI=1S/C43H54N4O5S/c1-34-31-35(23-24-40(34)52-42(50)47(28-15-26-45(2)3)29-16-27-46(4)5)39(48)32-51-33-41(49)44-25-30-53-43(36-17-9-6-10-18-36,37-19-11-7-12-20-37)38-21-13-8-14-22-38/h6-14,17-24,31H,15-16,25-30,32-33H2,1-5H3,(H,44,49). The van der Waals surface area contributed by atoms with Crippen LogP contribution in [0.15, 0.2) is 109 Å². The summed E-state index contributed by atoms with van der Waals surface area (Å²) >= 11 is 1.77. The van der Waals surface area contributed by atoms with Crippen molar-refractivity contribution in [1.82, 2.24) is 20.0 Å². The van der Waals surface area contributed by atoms with Crippen LogP contribution in [0, 0.1) is 6.92 Å². The molecular weight excluding hydrogens is 685 g/mol. The van der Waals surface area contributed by atoms with Crippen molar-refractivity contribution >= 4 is 29.5 Å². The molecule has 282 valence electrons. The number of Topliss-reactive ketones (excluding diaryl/α,β-unsaturated/α-hetero) is 1. The van der Waals surface area contributed by atoms with Gasteiger partial charge in [0.15, 0.2) is 5.78 Å². The van der Waals surface area contributed by atoms with E-state index in [4.69, 9.17) is 9.47 Å². The first-order valence-electron chi connectivity index (χ1n) is 18.1. The number of nitrogens with zero attached hydrogens (tertiary/aromatic N) is 3. The Morgan fingerprint density at radius 2 is 1.19 bits per heavy atom. The average molecular weight is 739 g/mol. The van der Waals surface area contributed by atoms with E-state index in [2.05, 4.69) is 87.9 Å². The summed E-state index contributed by atoms with van der Waals surface area (Å²) in [6.07, 6.45) is 1.28. The van der Waals surface area contributed by atoms with E-state index in [-0.39, 0.29) is 24.9 Å². The Bertz CT molecular complexity index is 1610. The molecule has 0 saturated heterocycles. The zero-order valence-corrected chi connectivity index (χ0v) is 32.6. The van der Waals surface area contributed by atoms with Crippen molar-refractivity contribution in [2.45, 2.75) is 24.5 Å². The maximum atomic E-state index is 13.1. The lowest BCUT2D eigenvalue weighted by atomic mass is 9.84. The van der Waals surface area contributed by atoms with E-state index in [0.29, 0.717) is 42.3 Å². The zero-order chi connectivity index (χ0) is 38.1. The number of ether oxygens (including phenoxy) is 2. The van der Waals surface area contributed by atoms with Gasteiger partial charge < -0.3 is 29.5 Å². The van der Waals surface area contributed by atoms with E-state index in [9.17, 15) is 14.4 Å². The topological polar surface area (TPSA) is 91.4 Å². The highest BCUT2D eigenvalue weighted by Crippen LogP contribution is 2.48. The van der Waals surface area contributed by atoms with Crippen molar-refractivity contribution in [3.05, 3.63) is 137 Å². The van der Waals surface area contributed by atoms with E-state index < -0.39 is 10.8 Å². The molecule has 0 aromatic heterocycles. The zero-order valence-electron chi connectivity index (χ0n) is 31.8. The summed E-state index contributed by atoms with van der Waals surface area (Å²) < 4.78 is 10.8. The quantitative estimate of drug-likeness (QED) is 0.0572. The first kappa shape index (κ1) is 41.3. The van der Waals surface area contributed by atoms with Crippen LogP contribution in [0.4, 0.5) is 4.79 Å². The van der Waals surface area contributed by atoms with Gasteiger partial charge in [-0.15, -0.1) is 11.8 Å². The van der Waals surface area contributed by atoms with Crippen LogP contribution in [0.1, 0.15) is 45.5 Å². The molecule has 0 unspecified atom stereocenters. The summed E-state index contributed by atoms with van der Waals surface area (Å²) in [4.78, 5) is 44.8. The van der Waals surface area contributed by atoms with Crippen LogP contribution in [-0.2, 0) is 14.3 Å². The molecule has 0 saturated carbocycles. The number of aryl methyl sites for hydroxylation is 1. The molecule has 0 aliphatic heterocycles. The highest BCUT2D eigenvalue weighted by atomic mass is 32.2. The van der Waals surface area contributed by atoms with E-state index in [1.807, 2.05) is 46.4 Å². The normalized spacial score (nSPS) is 11.5. The Morgan fingerprint density at radius 1 is 0.679 bits per heavy atom. The van der Waals surface area contributed by atoms with Crippen molar-refractivity contribution in [1.29, 1.82) is 0 Å². The van der Waals surface area contributed by atoms with Crippen LogP contribution in [0.5, 0.6) is 5.75 Å². The number of nitrogens with one attached hydrogen (secondary N) is 1. The summed E-state index contributed by atoms with van der Waals surface area (Å²) in [5.41, 5.74) is 4.56. The highest BCUT2D eigenvalue weighted by Gasteiger charge is 2.36. The molecule has 0 aliphatic rings. The summed E-state index contributed by atoms with van der Waals surface area (Å²) in [7, 11) is 8.04. The fraction of sp³-hybridized carbons (Fsp3) is 0.372. The molecule has 4 aromatic carbocycles. The molecule has 53 heavy (non-hydrogen) atoms. The van der Waals surface area contributed by atoms with E-state index >= 15 is 0 Å². The first-order valence-corrected chi connectivity index (χ1v) is 19.1. The number of rotatable bonds is 21. The van der Waals surface area contributed by atoms with Crippen molar-refractivity contribution in [2.75, 3.05) is 79.9 Å². The van der Waals surface area contributed by atoms with E-state index in [1.165, 1.54) is 0 Å². The van der Waals surface area contributed by atoms with Crippen LogP contribution in [0.25, 0.3) is 0 Å². The predicted molar refractivity (Wildman–Crippen MR) is 215 cm³/mol. The van der Waals surface area contributed by atoms with Crippen molar-refractivity contribution in [3.63, 3.8) is 0 Å². The summed E-state index contributed by atoms with van der Waals surface area (Å²) in [5, 5.41) is 2.95. The number of hydrogen-bond donors (Lipinski definition) is 1. The largest absolute Gasteiger partial charge is 0.415 e. The molecule has 1 N–H and O–H groups in total. The fourth-order valence-corrected chi connectivity index (χ4v) is 7.50. The lowest BCUT2D eigenvalue weighted by Crippen LogP contribution is -2.37.